The zero-order valence-corrected chi connectivity index (χ0v) is 12.5. The van der Waals surface area contributed by atoms with Crippen molar-refractivity contribution >= 4 is 5.91 Å². The Morgan fingerprint density at radius 3 is 2.32 bits per heavy atom. The van der Waals surface area contributed by atoms with Crippen LogP contribution in [0.15, 0.2) is 0 Å². The molecular weight excluding hydrogens is 236 g/mol. The summed E-state index contributed by atoms with van der Waals surface area (Å²) in [5.41, 5.74) is 0. The van der Waals surface area contributed by atoms with E-state index in [1.54, 1.807) is 0 Å². The van der Waals surface area contributed by atoms with Crippen LogP contribution in [0.2, 0.25) is 0 Å². The number of rotatable bonds is 3. The molecule has 0 spiro atoms. The molecule has 1 unspecified atom stereocenters. The summed E-state index contributed by atoms with van der Waals surface area (Å²) >= 11 is 0. The van der Waals surface area contributed by atoms with E-state index in [0.29, 0.717) is 17.9 Å². The molecule has 0 aromatic carbocycles. The molecule has 0 bridgehead atoms. The first-order valence-corrected chi connectivity index (χ1v) is 8.28. The van der Waals surface area contributed by atoms with Gasteiger partial charge in [-0.3, -0.25) is 4.79 Å². The molecule has 3 heteroatoms. The van der Waals surface area contributed by atoms with Gasteiger partial charge in [-0.2, -0.15) is 0 Å². The van der Waals surface area contributed by atoms with Gasteiger partial charge in [0.25, 0.3) is 0 Å². The van der Waals surface area contributed by atoms with Crippen LogP contribution in [0.4, 0.5) is 0 Å². The molecular formula is C16H30N2O. The summed E-state index contributed by atoms with van der Waals surface area (Å²) < 4.78 is 0. The minimum atomic E-state index is 0.317. The number of amides is 1. The van der Waals surface area contributed by atoms with Gasteiger partial charge in [0.05, 0.1) is 0 Å². The molecule has 2 fully saturated rings. The lowest BCUT2D eigenvalue weighted by Crippen LogP contribution is -2.50. The minimum Gasteiger partial charge on any atom is -0.338 e. The Kier molecular flexibility index (Phi) is 6.15. The van der Waals surface area contributed by atoms with Crippen molar-refractivity contribution in [1.29, 1.82) is 0 Å². The topological polar surface area (TPSA) is 32.3 Å². The molecule has 3 nitrogen and oxygen atoms in total. The average Bonchev–Trinajstić information content (AvgIpc) is 2.39. The molecule has 1 saturated heterocycles. The number of carbonyl (C=O) groups is 1. The van der Waals surface area contributed by atoms with E-state index in [1.807, 2.05) is 7.05 Å². The maximum absolute atomic E-state index is 12.8. The van der Waals surface area contributed by atoms with Gasteiger partial charge in [0.15, 0.2) is 0 Å². The lowest BCUT2D eigenvalue weighted by molar-refractivity contribution is -0.139. The molecule has 1 heterocycles. The highest BCUT2D eigenvalue weighted by atomic mass is 16.2. The van der Waals surface area contributed by atoms with Crippen molar-refractivity contribution in [2.45, 2.75) is 70.3 Å². The molecule has 2 aliphatic rings. The number of piperidine rings is 1. The van der Waals surface area contributed by atoms with Gasteiger partial charge in [-0.05, 0) is 39.2 Å². The summed E-state index contributed by atoms with van der Waals surface area (Å²) in [6.07, 6.45) is 12.4. The van der Waals surface area contributed by atoms with Crippen LogP contribution in [-0.4, -0.2) is 37.0 Å². The van der Waals surface area contributed by atoms with Gasteiger partial charge in [0.2, 0.25) is 5.91 Å². The second-order valence-electron chi connectivity index (χ2n) is 6.28. The maximum atomic E-state index is 12.8. The molecule has 19 heavy (non-hydrogen) atoms. The fraction of sp³-hybridized carbons (Fsp3) is 0.938. The van der Waals surface area contributed by atoms with E-state index in [0.717, 1.165) is 25.9 Å². The third-order valence-corrected chi connectivity index (χ3v) is 4.80. The standard InChI is InChI=1S/C16H30N2O/c1-17-13-15-11-7-8-12-18(15)16(19)14-9-5-3-2-4-6-10-14/h14-15,17H,2-13H2,1H3. The van der Waals surface area contributed by atoms with Crippen LogP contribution in [0.25, 0.3) is 0 Å². The third-order valence-electron chi connectivity index (χ3n) is 4.80. The first kappa shape index (κ1) is 14.8. The molecule has 0 radical (unpaired) electrons. The molecule has 0 aromatic rings. The van der Waals surface area contributed by atoms with E-state index in [1.165, 1.54) is 51.4 Å². The second kappa shape index (κ2) is 7.88. The first-order chi connectivity index (χ1) is 9.33. The summed E-state index contributed by atoms with van der Waals surface area (Å²) in [6.45, 7) is 1.94. The van der Waals surface area contributed by atoms with Crippen LogP contribution in [0.3, 0.4) is 0 Å². The summed E-state index contributed by atoms with van der Waals surface area (Å²) in [5.74, 6) is 0.777. The van der Waals surface area contributed by atoms with Crippen molar-refractivity contribution in [2.75, 3.05) is 20.1 Å². The van der Waals surface area contributed by atoms with Crippen LogP contribution in [0.1, 0.15) is 64.2 Å². The number of nitrogens with one attached hydrogen (secondary N) is 1. The van der Waals surface area contributed by atoms with Crippen molar-refractivity contribution in [1.82, 2.24) is 10.2 Å². The van der Waals surface area contributed by atoms with E-state index in [-0.39, 0.29) is 0 Å². The number of hydrogen-bond donors (Lipinski definition) is 1. The minimum absolute atomic E-state index is 0.317. The van der Waals surface area contributed by atoms with Gasteiger partial charge >= 0.3 is 0 Å². The zero-order valence-electron chi connectivity index (χ0n) is 12.5. The van der Waals surface area contributed by atoms with E-state index >= 15 is 0 Å². The van der Waals surface area contributed by atoms with Crippen LogP contribution in [0.5, 0.6) is 0 Å². The van der Waals surface area contributed by atoms with Crippen LogP contribution < -0.4 is 5.32 Å². The van der Waals surface area contributed by atoms with Crippen molar-refractivity contribution in [3.05, 3.63) is 0 Å². The number of carbonyl (C=O) groups excluding carboxylic acids is 1. The molecule has 110 valence electrons. The SMILES string of the molecule is CNCC1CCCCN1C(=O)C1CCCCCCC1. The Morgan fingerprint density at radius 2 is 1.63 bits per heavy atom. The summed E-state index contributed by atoms with van der Waals surface area (Å²) in [7, 11) is 1.99. The molecule has 1 saturated carbocycles. The lowest BCUT2D eigenvalue weighted by atomic mass is 9.89. The van der Waals surface area contributed by atoms with Gasteiger partial charge in [0.1, 0.15) is 0 Å². The molecule has 1 aliphatic carbocycles. The van der Waals surface area contributed by atoms with Gasteiger partial charge in [-0.1, -0.05) is 32.1 Å². The van der Waals surface area contributed by atoms with Crippen molar-refractivity contribution in [3.8, 4) is 0 Å². The third kappa shape index (κ3) is 4.20. The van der Waals surface area contributed by atoms with Crippen molar-refractivity contribution in [3.63, 3.8) is 0 Å². The van der Waals surface area contributed by atoms with Crippen LogP contribution in [-0.2, 0) is 4.79 Å². The summed E-state index contributed by atoms with van der Waals surface area (Å²) in [4.78, 5) is 15.0. The highest BCUT2D eigenvalue weighted by Gasteiger charge is 2.30. The van der Waals surface area contributed by atoms with Crippen molar-refractivity contribution in [2.24, 2.45) is 5.92 Å². The molecule has 1 atom stereocenters. The molecule has 1 amide bonds. The fourth-order valence-electron chi connectivity index (χ4n) is 3.68. The summed E-state index contributed by atoms with van der Waals surface area (Å²) in [6, 6.07) is 0.441. The quantitative estimate of drug-likeness (QED) is 0.852. The smallest absolute Gasteiger partial charge is 0.225 e. The second-order valence-corrected chi connectivity index (χ2v) is 6.28. The Balaban J connectivity index is 1.94. The van der Waals surface area contributed by atoms with Crippen molar-refractivity contribution < 1.29 is 4.79 Å². The zero-order chi connectivity index (χ0) is 13.5. The average molecular weight is 266 g/mol. The number of likely N-dealkylation sites (tertiary alicyclic amines) is 1. The molecule has 2 rings (SSSR count). The van der Waals surface area contributed by atoms with E-state index in [2.05, 4.69) is 10.2 Å². The Morgan fingerprint density at radius 1 is 1.00 bits per heavy atom. The summed E-state index contributed by atoms with van der Waals surface area (Å²) in [5, 5.41) is 3.25. The number of nitrogens with zero attached hydrogens (tertiary/aromatic N) is 1. The van der Waals surface area contributed by atoms with Crippen LogP contribution >= 0.6 is 0 Å². The highest BCUT2D eigenvalue weighted by molar-refractivity contribution is 5.79. The van der Waals surface area contributed by atoms with Gasteiger partial charge in [-0.25, -0.2) is 0 Å². The van der Waals surface area contributed by atoms with E-state index in [4.69, 9.17) is 0 Å². The Labute approximate surface area is 118 Å². The fourth-order valence-corrected chi connectivity index (χ4v) is 3.68. The predicted molar refractivity (Wildman–Crippen MR) is 79.1 cm³/mol. The Hall–Kier alpha value is -0.570. The maximum Gasteiger partial charge on any atom is 0.225 e. The number of hydrogen-bond acceptors (Lipinski definition) is 2. The normalized spacial score (nSPS) is 26.8. The molecule has 1 aliphatic heterocycles. The first-order valence-electron chi connectivity index (χ1n) is 8.28. The monoisotopic (exact) mass is 266 g/mol. The Bertz CT molecular complexity index is 270. The molecule has 0 aromatic heterocycles. The number of likely N-dealkylation sites (N-methyl/N-ethyl adjacent to an activating group) is 1. The van der Waals surface area contributed by atoms with E-state index in [9.17, 15) is 4.79 Å². The van der Waals surface area contributed by atoms with Gasteiger partial charge in [-0.15, -0.1) is 0 Å². The van der Waals surface area contributed by atoms with Gasteiger partial charge in [0, 0.05) is 25.0 Å². The van der Waals surface area contributed by atoms with Crippen LogP contribution in [0, 0.1) is 5.92 Å². The van der Waals surface area contributed by atoms with E-state index < -0.39 is 0 Å². The molecule has 1 N–H and O–H groups in total. The largest absolute Gasteiger partial charge is 0.338 e. The highest BCUT2D eigenvalue weighted by Crippen LogP contribution is 2.27. The lowest BCUT2D eigenvalue weighted by Gasteiger charge is -2.38. The van der Waals surface area contributed by atoms with Gasteiger partial charge < -0.3 is 10.2 Å². The predicted octanol–water partition coefficient (Wildman–Crippen LogP) is 2.95.